The van der Waals surface area contributed by atoms with Gasteiger partial charge in [-0.3, -0.25) is 0 Å². The molecule has 6 heteroatoms. The Morgan fingerprint density at radius 2 is 2.11 bits per heavy atom. The molecule has 1 saturated heterocycles. The van der Waals surface area contributed by atoms with Crippen molar-refractivity contribution >= 4 is 11.7 Å². The zero-order valence-corrected chi connectivity index (χ0v) is 11.6. The Hall–Kier alpha value is -1.14. The molecular weight excluding hydrogens is 250 g/mol. The molecule has 1 N–H and O–H groups in total. The van der Waals surface area contributed by atoms with Gasteiger partial charge in [0, 0.05) is 18.8 Å². The number of nitrogens with zero attached hydrogens (tertiary/aromatic N) is 1. The van der Waals surface area contributed by atoms with Crippen LogP contribution in [0.4, 0.5) is 0 Å². The zero-order chi connectivity index (χ0) is 14.1. The van der Waals surface area contributed by atoms with E-state index in [9.17, 15) is 4.79 Å². The van der Waals surface area contributed by atoms with E-state index in [2.05, 4.69) is 5.16 Å². The van der Waals surface area contributed by atoms with Gasteiger partial charge in [0.1, 0.15) is 0 Å². The number of carbonyl (C=O) groups is 1. The number of rotatable bonds is 3. The molecule has 0 radical (unpaired) electrons. The van der Waals surface area contributed by atoms with Gasteiger partial charge in [-0.15, -0.1) is 0 Å². The fourth-order valence-electron chi connectivity index (χ4n) is 2.36. The quantitative estimate of drug-likeness (QED) is 0.792. The maximum Gasteiger partial charge on any atom is 0.350 e. The maximum atomic E-state index is 10.9. The highest BCUT2D eigenvalue weighted by atomic mass is 16.7. The number of hydrogen-bond donors (Lipinski definition) is 1. The van der Waals surface area contributed by atoms with Gasteiger partial charge in [-0.25, -0.2) is 4.79 Å². The first kappa shape index (κ1) is 14.3. The number of carboxylic acid groups (broad SMARTS) is 1. The summed E-state index contributed by atoms with van der Waals surface area (Å²) in [6.45, 7) is 6.28. The smallest absolute Gasteiger partial charge is 0.350 e. The Morgan fingerprint density at radius 3 is 2.63 bits per heavy atom. The summed E-state index contributed by atoms with van der Waals surface area (Å²) in [5.74, 6) is -1.32. The molecule has 1 spiro atoms. The second-order valence-corrected chi connectivity index (χ2v) is 5.70. The molecule has 6 nitrogen and oxygen atoms in total. The van der Waals surface area contributed by atoms with Crippen LogP contribution >= 0.6 is 0 Å². The number of hydrogen-bond acceptors (Lipinski definition) is 5. The first-order valence-corrected chi connectivity index (χ1v) is 6.61. The van der Waals surface area contributed by atoms with Crippen molar-refractivity contribution in [2.45, 2.75) is 51.4 Å². The van der Waals surface area contributed by atoms with E-state index >= 15 is 0 Å². The summed E-state index contributed by atoms with van der Waals surface area (Å²) in [5.41, 5.74) is -0.429. The van der Waals surface area contributed by atoms with Crippen LogP contribution in [0.2, 0.25) is 0 Å². The highest BCUT2D eigenvalue weighted by molar-refractivity contribution is 5.87. The van der Waals surface area contributed by atoms with E-state index in [-0.39, 0.29) is 5.92 Å². The van der Waals surface area contributed by atoms with E-state index in [0.29, 0.717) is 19.6 Å². The Labute approximate surface area is 112 Å². The summed E-state index contributed by atoms with van der Waals surface area (Å²) < 4.78 is 11.3. The lowest BCUT2D eigenvalue weighted by atomic mass is 9.84. The highest BCUT2D eigenvalue weighted by Gasteiger charge is 2.43. The highest BCUT2D eigenvalue weighted by Crippen LogP contribution is 2.37. The molecule has 2 fully saturated rings. The fraction of sp³-hybridized carbons (Fsp3) is 0.846. The van der Waals surface area contributed by atoms with Gasteiger partial charge in [-0.1, -0.05) is 12.1 Å². The lowest BCUT2D eigenvalue weighted by Gasteiger charge is -2.35. The number of oxime groups is 1. The first-order valence-electron chi connectivity index (χ1n) is 6.61. The van der Waals surface area contributed by atoms with Crippen LogP contribution in [0.15, 0.2) is 5.16 Å². The third-order valence-electron chi connectivity index (χ3n) is 3.67. The van der Waals surface area contributed by atoms with Gasteiger partial charge < -0.3 is 19.4 Å². The third-order valence-corrected chi connectivity index (χ3v) is 3.67. The van der Waals surface area contributed by atoms with Crippen molar-refractivity contribution in [3.63, 3.8) is 0 Å². The van der Waals surface area contributed by atoms with Gasteiger partial charge in [0.15, 0.2) is 5.79 Å². The van der Waals surface area contributed by atoms with Crippen molar-refractivity contribution in [3.05, 3.63) is 0 Å². The molecule has 0 amide bonds. The van der Waals surface area contributed by atoms with Crippen molar-refractivity contribution < 1.29 is 24.2 Å². The molecule has 1 aliphatic carbocycles. The molecule has 1 unspecified atom stereocenters. The molecule has 1 saturated carbocycles. The first-order chi connectivity index (χ1) is 8.85. The van der Waals surface area contributed by atoms with E-state index in [1.54, 1.807) is 0 Å². The lowest BCUT2D eigenvalue weighted by Crippen LogP contribution is -2.40. The Morgan fingerprint density at radius 1 is 1.47 bits per heavy atom. The summed E-state index contributed by atoms with van der Waals surface area (Å²) in [7, 11) is 0. The molecule has 0 aromatic rings. The lowest BCUT2D eigenvalue weighted by molar-refractivity contribution is -0.175. The monoisotopic (exact) mass is 271 g/mol. The summed E-state index contributed by atoms with van der Waals surface area (Å²) in [5, 5.41) is 13.0. The summed E-state index contributed by atoms with van der Waals surface area (Å²) in [4.78, 5) is 16.1. The third kappa shape index (κ3) is 3.06. The maximum absolute atomic E-state index is 10.9. The second-order valence-electron chi connectivity index (χ2n) is 5.70. The second kappa shape index (κ2) is 5.09. The molecule has 1 heterocycles. The Kier molecular flexibility index (Phi) is 3.82. The van der Waals surface area contributed by atoms with Gasteiger partial charge in [0.2, 0.25) is 5.60 Å². The Balaban J connectivity index is 1.98. The van der Waals surface area contributed by atoms with Crippen LogP contribution in [-0.2, 0) is 19.1 Å². The van der Waals surface area contributed by atoms with Crippen molar-refractivity contribution in [1.82, 2.24) is 0 Å². The predicted molar refractivity (Wildman–Crippen MR) is 67.9 cm³/mol. The standard InChI is InChI=1S/C13H21NO5/c1-9-8-13(17-6-7-18-13)5-4-10(9)14-19-12(2,3)11(15)16/h9H,4-8H2,1-3H3,(H,15,16)/b14-10+. The van der Waals surface area contributed by atoms with Crippen LogP contribution in [0.1, 0.15) is 40.0 Å². The summed E-state index contributed by atoms with van der Waals surface area (Å²) in [6, 6.07) is 0. The van der Waals surface area contributed by atoms with E-state index in [1.807, 2.05) is 6.92 Å². The molecule has 0 bridgehead atoms. The van der Waals surface area contributed by atoms with Crippen LogP contribution in [0.5, 0.6) is 0 Å². The minimum Gasteiger partial charge on any atom is -0.478 e. The minimum absolute atomic E-state index is 0.163. The molecular formula is C13H21NO5. The largest absolute Gasteiger partial charge is 0.478 e. The van der Waals surface area contributed by atoms with Crippen molar-refractivity contribution in [2.24, 2.45) is 11.1 Å². The fourth-order valence-corrected chi connectivity index (χ4v) is 2.36. The molecule has 0 aromatic heterocycles. The van der Waals surface area contributed by atoms with Gasteiger partial charge >= 0.3 is 5.97 Å². The van der Waals surface area contributed by atoms with Crippen LogP contribution in [-0.4, -0.2) is 41.4 Å². The van der Waals surface area contributed by atoms with E-state index in [0.717, 1.165) is 18.6 Å². The number of carboxylic acids is 1. The van der Waals surface area contributed by atoms with Crippen LogP contribution in [0.3, 0.4) is 0 Å². The minimum atomic E-state index is -1.30. The van der Waals surface area contributed by atoms with Gasteiger partial charge in [0.05, 0.1) is 18.9 Å². The average molecular weight is 271 g/mol. The zero-order valence-electron chi connectivity index (χ0n) is 11.6. The Bertz CT molecular complexity index is 384. The predicted octanol–water partition coefficient (Wildman–Crippen LogP) is 1.79. The molecule has 1 atom stereocenters. The molecule has 1 aliphatic heterocycles. The van der Waals surface area contributed by atoms with Gasteiger partial charge in [0.25, 0.3) is 0 Å². The topological polar surface area (TPSA) is 77.4 Å². The molecule has 2 rings (SSSR count). The van der Waals surface area contributed by atoms with E-state index < -0.39 is 17.4 Å². The van der Waals surface area contributed by atoms with Crippen molar-refractivity contribution in [1.29, 1.82) is 0 Å². The normalized spacial score (nSPS) is 28.8. The van der Waals surface area contributed by atoms with Crippen LogP contribution < -0.4 is 0 Å². The van der Waals surface area contributed by atoms with Gasteiger partial charge in [-0.2, -0.15) is 0 Å². The SMILES string of the molecule is CC1CC2(CC/C1=N\OC(C)(C)C(=O)O)OCCO2. The van der Waals surface area contributed by atoms with Crippen LogP contribution in [0, 0.1) is 5.92 Å². The molecule has 0 aromatic carbocycles. The van der Waals surface area contributed by atoms with Crippen molar-refractivity contribution in [3.8, 4) is 0 Å². The summed E-state index contributed by atoms with van der Waals surface area (Å²) >= 11 is 0. The molecule has 108 valence electrons. The average Bonchev–Trinajstić information content (AvgIpc) is 2.76. The number of aliphatic carboxylic acids is 1. The van der Waals surface area contributed by atoms with Crippen LogP contribution in [0.25, 0.3) is 0 Å². The molecule has 2 aliphatic rings. The van der Waals surface area contributed by atoms with Crippen molar-refractivity contribution in [2.75, 3.05) is 13.2 Å². The summed E-state index contributed by atoms with van der Waals surface area (Å²) in [6.07, 6.45) is 2.19. The van der Waals surface area contributed by atoms with E-state index in [1.165, 1.54) is 13.8 Å². The van der Waals surface area contributed by atoms with Gasteiger partial charge in [-0.05, 0) is 20.3 Å². The number of ether oxygens (including phenoxy) is 2. The molecule has 19 heavy (non-hydrogen) atoms. The van der Waals surface area contributed by atoms with E-state index in [4.69, 9.17) is 19.4 Å².